The maximum Gasteiger partial charge on any atom is 0.321 e. The lowest BCUT2D eigenvalue weighted by Gasteiger charge is -2.13. The van der Waals surface area contributed by atoms with Crippen molar-refractivity contribution in [3.63, 3.8) is 0 Å². The molecule has 2 rings (SSSR count). The highest BCUT2D eigenvalue weighted by molar-refractivity contribution is 5.94. The molecule has 16 heavy (non-hydrogen) atoms. The SMILES string of the molecule is C/C=C1\[C@H](C)[C@@]1(C(=O)OC)c1ccccc1. The van der Waals surface area contributed by atoms with E-state index in [-0.39, 0.29) is 11.9 Å². The van der Waals surface area contributed by atoms with Gasteiger partial charge in [-0.05, 0) is 18.1 Å². The van der Waals surface area contributed by atoms with Crippen LogP contribution in [0.5, 0.6) is 0 Å². The Bertz CT molecular complexity index is 433. The average Bonchev–Trinajstić information content (AvgIpc) is 2.95. The predicted molar refractivity (Wildman–Crippen MR) is 63.1 cm³/mol. The molecule has 0 aliphatic heterocycles. The number of hydrogen-bond donors (Lipinski definition) is 0. The van der Waals surface area contributed by atoms with Crippen molar-refractivity contribution in [2.75, 3.05) is 7.11 Å². The zero-order chi connectivity index (χ0) is 11.8. The summed E-state index contributed by atoms with van der Waals surface area (Å²) in [5, 5.41) is 0. The summed E-state index contributed by atoms with van der Waals surface area (Å²) in [6.45, 7) is 4.04. The van der Waals surface area contributed by atoms with E-state index in [1.807, 2.05) is 43.3 Å². The summed E-state index contributed by atoms with van der Waals surface area (Å²) >= 11 is 0. The minimum Gasteiger partial charge on any atom is -0.468 e. The van der Waals surface area contributed by atoms with Gasteiger partial charge in [0.1, 0.15) is 5.41 Å². The summed E-state index contributed by atoms with van der Waals surface area (Å²) in [5.74, 6) is 0.0895. The van der Waals surface area contributed by atoms with Crippen LogP contribution in [0, 0.1) is 5.92 Å². The molecule has 0 saturated heterocycles. The molecule has 0 heterocycles. The predicted octanol–water partition coefficient (Wildman–Crippen LogP) is 2.69. The molecular weight excluding hydrogens is 200 g/mol. The van der Waals surface area contributed by atoms with Gasteiger partial charge in [-0.1, -0.05) is 43.3 Å². The third-order valence-corrected chi connectivity index (χ3v) is 3.54. The first-order valence-electron chi connectivity index (χ1n) is 5.50. The number of carbonyl (C=O) groups excluding carboxylic acids is 1. The Morgan fingerprint density at radius 2 is 2.00 bits per heavy atom. The van der Waals surface area contributed by atoms with Crippen molar-refractivity contribution < 1.29 is 9.53 Å². The Morgan fingerprint density at radius 1 is 1.38 bits per heavy atom. The first-order valence-corrected chi connectivity index (χ1v) is 5.50. The van der Waals surface area contributed by atoms with Gasteiger partial charge in [0, 0.05) is 5.92 Å². The molecule has 1 aliphatic carbocycles. The van der Waals surface area contributed by atoms with Crippen LogP contribution in [-0.2, 0) is 14.9 Å². The van der Waals surface area contributed by atoms with Crippen molar-refractivity contribution in [3.8, 4) is 0 Å². The molecule has 0 aromatic heterocycles. The van der Waals surface area contributed by atoms with Gasteiger partial charge in [-0.2, -0.15) is 0 Å². The maximum absolute atomic E-state index is 12.0. The standard InChI is InChI=1S/C14H16O2/c1-4-12-10(2)14(12,13(15)16-3)11-8-6-5-7-9-11/h4-10H,1-3H3/b12-4+/t10-,14+/m0/s1. The number of allylic oxidation sites excluding steroid dienone is 1. The van der Waals surface area contributed by atoms with Crippen molar-refractivity contribution in [1.82, 2.24) is 0 Å². The van der Waals surface area contributed by atoms with Crippen LogP contribution >= 0.6 is 0 Å². The quantitative estimate of drug-likeness (QED) is 0.561. The van der Waals surface area contributed by atoms with E-state index in [1.54, 1.807) is 0 Å². The van der Waals surface area contributed by atoms with E-state index in [2.05, 4.69) is 6.92 Å². The molecule has 0 bridgehead atoms. The van der Waals surface area contributed by atoms with Gasteiger partial charge in [0.05, 0.1) is 7.11 Å². The topological polar surface area (TPSA) is 26.3 Å². The number of ether oxygens (including phenoxy) is 1. The van der Waals surface area contributed by atoms with Crippen molar-refractivity contribution in [3.05, 3.63) is 47.5 Å². The van der Waals surface area contributed by atoms with Crippen LogP contribution < -0.4 is 0 Å². The summed E-state index contributed by atoms with van der Waals surface area (Å²) in [6.07, 6.45) is 2.02. The third-order valence-electron chi connectivity index (χ3n) is 3.54. The van der Waals surface area contributed by atoms with Crippen molar-refractivity contribution in [2.24, 2.45) is 5.92 Å². The van der Waals surface area contributed by atoms with E-state index < -0.39 is 5.41 Å². The van der Waals surface area contributed by atoms with Crippen LogP contribution in [0.15, 0.2) is 42.0 Å². The van der Waals surface area contributed by atoms with Gasteiger partial charge >= 0.3 is 5.97 Å². The molecule has 1 aromatic carbocycles. The molecule has 2 nitrogen and oxygen atoms in total. The summed E-state index contributed by atoms with van der Waals surface area (Å²) in [6, 6.07) is 9.85. The average molecular weight is 216 g/mol. The minimum absolute atomic E-state index is 0.153. The van der Waals surface area contributed by atoms with Crippen molar-refractivity contribution in [2.45, 2.75) is 19.3 Å². The summed E-state index contributed by atoms with van der Waals surface area (Å²) in [4.78, 5) is 12.0. The Kier molecular flexibility index (Phi) is 2.58. The molecule has 2 heteroatoms. The molecule has 1 aliphatic rings. The Balaban J connectivity index is 2.51. The van der Waals surface area contributed by atoms with Crippen molar-refractivity contribution >= 4 is 5.97 Å². The lowest BCUT2D eigenvalue weighted by molar-refractivity contribution is -0.143. The fourth-order valence-electron chi connectivity index (χ4n) is 2.68. The minimum atomic E-state index is -0.523. The first-order chi connectivity index (χ1) is 7.69. The van der Waals surface area contributed by atoms with Crippen LogP contribution in [0.3, 0.4) is 0 Å². The highest BCUT2D eigenvalue weighted by atomic mass is 16.5. The van der Waals surface area contributed by atoms with E-state index in [0.29, 0.717) is 0 Å². The van der Waals surface area contributed by atoms with Crippen LogP contribution in [0.25, 0.3) is 0 Å². The Labute approximate surface area is 95.9 Å². The number of carbonyl (C=O) groups is 1. The number of hydrogen-bond acceptors (Lipinski definition) is 2. The van der Waals surface area contributed by atoms with Crippen LogP contribution in [0.1, 0.15) is 19.4 Å². The molecule has 1 fully saturated rings. The largest absolute Gasteiger partial charge is 0.468 e. The molecule has 1 aromatic rings. The first kappa shape index (κ1) is 10.9. The van der Waals surface area contributed by atoms with E-state index in [0.717, 1.165) is 11.1 Å². The molecule has 0 spiro atoms. The highest BCUT2D eigenvalue weighted by Gasteiger charge is 2.64. The van der Waals surface area contributed by atoms with Gasteiger partial charge in [0.15, 0.2) is 0 Å². The third kappa shape index (κ3) is 1.22. The normalized spacial score (nSPS) is 30.2. The summed E-state index contributed by atoms with van der Waals surface area (Å²) in [5.41, 5.74) is 1.66. The van der Waals surface area contributed by atoms with E-state index in [1.165, 1.54) is 7.11 Å². The Hall–Kier alpha value is -1.57. The number of methoxy groups -OCH3 is 1. The van der Waals surface area contributed by atoms with E-state index >= 15 is 0 Å². The number of rotatable bonds is 2. The highest BCUT2D eigenvalue weighted by Crippen LogP contribution is 2.59. The molecule has 0 unspecified atom stereocenters. The van der Waals surface area contributed by atoms with Crippen LogP contribution in [-0.4, -0.2) is 13.1 Å². The molecular formula is C14H16O2. The molecule has 0 amide bonds. The van der Waals surface area contributed by atoms with Crippen LogP contribution in [0.2, 0.25) is 0 Å². The second kappa shape index (κ2) is 3.78. The molecule has 2 atom stereocenters. The summed E-state index contributed by atoms with van der Waals surface area (Å²) in [7, 11) is 1.45. The second-order valence-electron chi connectivity index (χ2n) is 4.13. The number of esters is 1. The number of benzene rings is 1. The molecule has 1 saturated carbocycles. The maximum atomic E-state index is 12.0. The Morgan fingerprint density at radius 3 is 2.44 bits per heavy atom. The molecule has 0 radical (unpaired) electrons. The van der Waals surface area contributed by atoms with Gasteiger partial charge in [0.25, 0.3) is 0 Å². The van der Waals surface area contributed by atoms with Gasteiger partial charge in [-0.15, -0.1) is 0 Å². The lowest BCUT2D eigenvalue weighted by Crippen LogP contribution is -2.24. The van der Waals surface area contributed by atoms with Gasteiger partial charge in [0.2, 0.25) is 0 Å². The fourth-order valence-corrected chi connectivity index (χ4v) is 2.68. The van der Waals surface area contributed by atoms with E-state index in [9.17, 15) is 4.79 Å². The fraction of sp³-hybridized carbons (Fsp3) is 0.357. The van der Waals surface area contributed by atoms with Gasteiger partial charge < -0.3 is 4.74 Å². The zero-order valence-electron chi connectivity index (χ0n) is 9.86. The second-order valence-corrected chi connectivity index (χ2v) is 4.13. The zero-order valence-corrected chi connectivity index (χ0v) is 9.86. The monoisotopic (exact) mass is 216 g/mol. The van der Waals surface area contributed by atoms with Gasteiger partial charge in [-0.25, -0.2) is 0 Å². The van der Waals surface area contributed by atoms with Crippen molar-refractivity contribution in [1.29, 1.82) is 0 Å². The lowest BCUT2D eigenvalue weighted by atomic mass is 9.93. The van der Waals surface area contributed by atoms with Crippen LogP contribution in [0.4, 0.5) is 0 Å². The van der Waals surface area contributed by atoms with E-state index in [4.69, 9.17) is 4.74 Å². The molecule has 0 N–H and O–H groups in total. The molecule has 84 valence electrons. The summed E-state index contributed by atoms with van der Waals surface area (Å²) < 4.78 is 4.95. The smallest absolute Gasteiger partial charge is 0.321 e. The van der Waals surface area contributed by atoms with Gasteiger partial charge in [-0.3, -0.25) is 4.79 Å².